The molecule has 0 aromatic heterocycles. The Morgan fingerprint density at radius 1 is 1.03 bits per heavy atom. The summed E-state index contributed by atoms with van der Waals surface area (Å²) in [7, 11) is 0. The SMILES string of the molecule is Cc1ccc(NC(=O)C2=C(c3ccc(OCc4ccccc4)cc3)NC(=S)N[C@H]2C)c(C)c1. The van der Waals surface area contributed by atoms with E-state index in [1.807, 2.05) is 87.5 Å². The zero-order valence-corrected chi connectivity index (χ0v) is 19.8. The van der Waals surface area contributed by atoms with Crippen LogP contribution in [0.1, 0.15) is 29.2 Å². The van der Waals surface area contributed by atoms with Gasteiger partial charge in [-0.15, -0.1) is 0 Å². The van der Waals surface area contributed by atoms with Gasteiger partial charge in [0.1, 0.15) is 12.4 Å². The molecule has 1 atom stereocenters. The summed E-state index contributed by atoms with van der Waals surface area (Å²) < 4.78 is 5.90. The van der Waals surface area contributed by atoms with Gasteiger partial charge in [-0.05, 0) is 80.0 Å². The molecule has 0 saturated heterocycles. The Hall–Kier alpha value is -3.64. The maximum Gasteiger partial charge on any atom is 0.255 e. The topological polar surface area (TPSA) is 62.4 Å². The highest BCUT2D eigenvalue weighted by molar-refractivity contribution is 7.80. The van der Waals surface area contributed by atoms with Gasteiger partial charge in [-0.3, -0.25) is 4.79 Å². The van der Waals surface area contributed by atoms with Crippen LogP contribution in [0.15, 0.2) is 78.4 Å². The normalized spacial score (nSPS) is 15.5. The average Bonchev–Trinajstić information content (AvgIpc) is 2.80. The van der Waals surface area contributed by atoms with Gasteiger partial charge in [0, 0.05) is 5.69 Å². The predicted octanol–water partition coefficient (Wildman–Crippen LogP) is 5.10. The van der Waals surface area contributed by atoms with Crippen molar-refractivity contribution in [3.05, 3.63) is 101 Å². The third-order valence-electron chi connectivity index (χ3n) is 5.55. The van der Waals surface area contributed by atoms with Crippen molar-refractivity contribution in [2.75, 3.05) is 5.32 Å². The number of ether oxygens (including phenoxy) is 1. The van der Waals surface area contributed by atoms with Crippen molar-refractivity contribution in [3.8, 4) is 5.75 Å². The number of benzene rings is 3. The lowest BCUT2D eigenvalue weighted by Crippen LogP contribution is -2.49. The fraction of sp³-hybridized carbons (Fsp3) is 0.185. The lowest BCUT2D eigenvalue weighted by molar-refractivity contribution is -0.113. The smallest absolute Gasteiger partial charge is 0.255 e. The van der Waals surface area contributed by atoms with Crippen molar-refractivity contribution in [1.82, 2.24) is 10.6 Å². The number of rotatable bonds is 6. The molecule has 0 bridgehead atoms. The number of amides is 1. The highest BCUT2D eigenvalue weighted by Gasteiger charge is 2.28. The first-order valence-corrected chi connectivity index (χ1v) is 11.3. The van der Waals surface area contributed by atoms with Crippen LogP contribution in [0, 0.1) is 13.8 Å². The molecule has 6 heteroatoms. The minimum Gasteiger partial charge on any atom is -0.489 e. The molecule has 0 aliphatic carbocycles. The Morgan fingerprint density at radius 3 is 2.45 bits per heavy atom. The van der Waals surface area contributed by atoms with Gasteiger partial charge in [0.05, 0.1) is 17.3 Å². The first-order chi connectivity index (χ1) is 15.9. The van der Waals surface area contributed by atoms with E-state index in [4.69, 9.17) is 17.0 Å². The van der Waals surface area contributed by atoms with E-state index in [0.717, 1.165) is 33.7 Å². The second-order valence-electron chi connectivity index (χ2n) is 8.18. The van der Waals surface area contributed by atoms with Crippen molar-refractivity contribution >= 4 is 34.6 Å². The van der Waals surface area contributed by atoms with E-state index in [-0.39, 0.29) is 11.9 Å². The van der Waals surface area contributed by atoms with Gasteiger partial charge in [-0.2, -0.15) is 0 Å². The zero-order valence-electron chi connectivity index (χ0n) is 18.9. The number of thiocarbonyl (C=S) groups is 1. The minimum atomic E-state index is -0.242. The quantitative estimate of drug-likeness (QED) is 0.450. The number of aryl methyl sites for hydroxylation is 2. The summed E-state index contributed by atoms with van der Waals surface area (Å²) in [4.78, 5) is 13.3. The third-order valence-corrected chi connectivity index (χ3v) is 5.77. The molecule has 33 heavy (non-hydrogen) atoms. The van der Waals surface area contributed by atoms with Crippen LogP contribution in [-0.2, 0) is 11.4 Å². The van der Waals surface area contributed by atoms with Crippen LogP contribution in [0.5, 0.6) is 5.75 Å². The monoisotopic (exact) mass is 457 g/mol. The largest absolute Gasteiger partial charge is 0.489 e. The first kappa shape index (κ1) is 22.6. The third kappa shape index (κ3) is 5.41. The van der Waals surface area contributed by atoms with Gasteiger partial charge in [0.15, 0.2) is 5.11 Å². The van der Waals surface area contributed by atoms with Crippen LogP contribution in [0.3, 0.4) is 0 Å². The molecule has 4 rings (SSSR count). The molecule has 3 N–H and O–H groups in total. The Labute approximate surface area is 199 Å². The highest BCUT2D eigenvalue weighted by atomic mass is 32.1. The maximum atomic E-state index is 13.3. The van der Waals surface area contributed by atoms with Gasteiger partial charge in [-0.1, -0.05) is 48.0 Å². The second-order valence-corrected chi connectivity index (χ2v) is 8.59. The number of nitrogens with one attached hydrogen (secondary N) is 3. The van der Waals surface area contributed by atoms with E-state index in [1.54, 1.807) is 0 Å². The molecule has 3 aromatic rings. The molecule has 0 fully saturated rings. The van der Waals surface area contributed by atoms with E-state index in [0.29, 0.717) is 23.0 Å². The van der Waals surface area contributed by atoms with E-state index in [9.17, 15) is 4.79 Å². The molecule has 0 saturated carbocycles. The van der Waals surface area contributed by atoms with Crippen LogP contribution in [-0.4, -0.2) is 17.1 Å². The van der Waals surface area contributed by atoms with Gasteiger partial charge >= 0.3 is 0 Å². The van der Waals surface area contributed by atoms with Gasteiger partial charge < -0.3 is 20.7 Å². The van der Waals surface area contributed by atoms with Crippen LogP contribution >= 0.6 is 12.2 Å². The number of carbonyl (C=O) groups excluding carboxylic acids is 1. The van der Waals surface area contributed by atoms with Crippen molar-refractivity contribution in [2.24, 2.45) is 0 Å². The van der Waals surface area contributed by atoms with Crippen LogP contribution in [0.4, 0.5) is 5.69 Å². The minimum absolute atomic E-state index is 0.170. The highest BCUT2D eigenvalue weighted by Crippen LogP contribution is 2.26. The summed E-state index contributed by atoms with van der Waals surface area (Å²) in [5.74, 6) is 0.588. The molecule has 1 amide bonds. The summed E-state index contributed by atoms with van der Waals surface area (Å²) in [6, 6.07) is 23.4. The van der Waals surface area contributed by atoms with Crippen molar-refractivity contribution in [3.63, 3.8) is 0 Å². The molecule has 1 aliphatic rings. The Morgan fingerprint density at radius 2 is 1.76 bits per heavy atom. The number of hydrogen-bond donors (Lipinski definition) is 3. The summed E-state index contributed by atoms with van der Waals surface area (Å²) in [5, 5.41) is 9.87. The van der Waals surface area contributed by atoms with Crippen molar-refractivity contribution in [1.29, 1.82) is 0 Å². The number of hydrogen-bond acceptors (Lipinski definition) is 3. The van der Waals surface area contributed by atoms with Gasteiger partial charge in [0.25, 0.3) is 5.91 Å². The molecule has 3 aromatic carbocycles. The van der Waals surface area contributed by atoms with E-state index >= 15 is 0 Å². The van der Waals surface area contributed by atoms with Crippen LogP contribution < -0.4 is 20.7 Å². The summed E-state index contributed by atoms with van der Waals surface area (Å²) >= 11 is 5.37. The Bertz CT molecular complexity index is 1200. The Kier molecular flexibility index (Phi) is 6.75. The van der Waals surface area contributed by atoms with Gasteiger partial charge in [-0.25, -0.2) is 0 Å². The van der Waals surface area contributed by atoms with Crippen molar-refractivity contribution in [2.45, 2.75) is 33.4 Å². The first-order valence-electron chi connectivity index (χ1n) is 10.9. The number of anilines is 1. The zero-order chi connectivity index (χ0) is 23.4. The Balaban J connectivity index is 1.58. The summed E-state index contributed by atoms with van der Waals surface area (Å²) in [6.07, 6.45) is 0. The van der Waals surface area contributed by atoms with E-state index in [1.165, 1.54) is 0 Å². The predicted molar refractivity (Wildman–Crippen MR) is 137 cm³/mol. The molecule has 5 nitrogen and oxygen atoms in total. The molecule has 0 radical (unpaired) electrons. The van der Waals surface area contributed by atoms with Gasteiger partial charge in [0.2, 0.25) is 0 Å². The fourth-order valence-electron chi connectivity index (χ4n) is 3.84. The fourth-order valence-corrected chi connectivity index (χ4v) is 4.12. The molecule has 0 spiro atoms. The van der Waals surface area contributed by atoms with Crippen LogP contribution in [0.25, 0.3) is 5.70 Å². The van der Waals surface area contributed by atoms with E-state index in [2.05, 4.69) is 22.0 Å². The molecular formula is C27H27N3O2S. The molecule has 1 aliphatic heterocycles. The second kappa shape index (κ2) is 9.88. The molecule has 1 heterocycles. The molecular weight excluding hydrogens is 430 g/mol. The maximum absolute atomic E-state index is 13.3. The summed E-state index contributed by atoms with van der Waals surface area (Å²) in [5.41, 5.74) is 6.23. The molecule has 0 unspecified atom stereocenters. The lowest BCUT2D eigenvalue weighted by atomic mass is 9.98. The van der Waals surface area contributed by atoms with E-state index < -0.39 is 0 Å². The lowest BCUT2D eigenvalue weighted by Gasteiger charge is -2.29. The van der Waals surface area contributed by atoms with Crippen molar-refractivity contribution < 1.29 is 9.53 Å². The standard InChI is InChI=1S/C27H27N3O2S/c1-17-9-14-23(18(2)15-17)29-26(31)24-19(3)28-27(33)30-25(24)21-10-12-22(13-11-21)32-16-20-7-5-4-6-8-20/h4-15,19H,16H2,1-3H3,(H,29,31)(H2,28,30,33)/t19-/m0/s1. The number of carbonyl (C=O) groups is 1. The molecule has 168 valence electrons. The summed E-state index contributed by atoms with van der Waals surface area (Å²) in [6.45, 7) is 6.45. The average molecular weight is 458 g/mol. The van der Waals surface area contributed by atoms with Crippen LogP contribution in [0.2, 0.25) is 0 Å².